The summed E-state index contributed by atoms with van der Waals surface area (Å²) in [6.45, 7) is 0. The van der Waals surface area contributed by atoms with Gasteiger partial charge in [-0.1, -0.05) is 0 Å². The number of hydrogen-bond donors (Lipinski definition) is 0. The van der Waals surface area contributed by atoms with Gasteiger partial charge < -0.3 is 0 Å². The Kier molecular flexibility index (Phi) is 1.54. The molecule has 0 bridgehead atoms. The molecule has 0 N–H and O–H groups in total. The summed E-state index contributed by atoms with van der Waals surface area (Å²) >= 11 is 1.54. The quantitative estimate of drug-likeness (QED) is 0.474. The van der Waals surface area contributed by atoms with E-state index >= 15 is 0 Å². The van der Waals surface area contributed by atoms with Gasteiger partial charge >= 0.3 is 0 Å². The van der Waals surface area contributed by atoms with E-state index in [9.17, 15) is 4.79 Å². The molecule has 1 rings (SSSR count). The molecule has 1 atom stereocenters. The maximum Gasteiger partial charge on any atom is 0.160 e. The summed E-state index contributed by atoms with van der Waals surface area (Å²) in [4.78, 5) is 10.6. The third-order valence-electron chi connectivity index (χ3n) is 1.07. The van der Waals surface area contributed by atoms with Crippen LogP contribution >= 0.6 is 11.8 Å². The van der Waals surface area contributed by atoms with Crippen molar-refractivity contribution in [3.05, 3.63) is 0 Å². The van der Waals surface area contributed by atoms with Crippen LogP contribution in [0.5, 0.6) is 0 Å². The smallest absolute Gasteiger partial charge is 0.160 e. The van der Waals surface area contributed by atoms with Gasteiger partial charge in [-0.3, -0.25) is 4.79 Å². The SMILES string of the molecule is N#C[C@H]1CSCC1=O. The fourth-order valence-corrected chi connectivity index (χ4v) is 1.60. The zero-order valence-electron chi connectivity index (χ0n) is 4.26. The van der Waals surface area contributed by atoms with Crippen LogP contribution in [-0.4, -0.2) is 17.3 Å². The summed E-state index contributed by atoms with van der Waals surface area (Å²) in [6, 6.07) is 1.94. The van der Waals surface area contributed by atoms with Crippen molar-refractivity contribution >= 4 is 17.5 Å². The van der Waals surface area contributed by atoms with Gasteiger partial charge in [0.25, 0.3) is 0 Å². The minimum atomic E-state index is -0.306. The minimum absolute atomic E-state index is 0.0949. The highest BCUT2D eigenvalue weighted by atomic mass is 32.2. The van der Waals surface area contributed by atoms with Crippen molar-refractivity contribution in [2.45, 2.75) is 0 Å². The van der Waals surface area contributed by atoms with Crippen molar-refractivity contribution < 1.29 is 4.79 Å². The second-order valence-electron chi connectivity index (χ2n) is 1.66. The third-order valence-corrected chi connectivity index (χ3v) is 2.13. The van der Waals surface area contributed by atoms with E-state index in [0.29, 0.717) is 11.5 Å². The largest absolute Gasteiger partial charge is 0.297 e. The van der Waals surface area contributed by atoms with Crippen LogP contribution in [0.2, 0.25) is 0 Å². The number of Topliss-reactive ketones (excluding diaryl/α,β-unsaturated/α-hetero) is 1. The topological polar surface area (TPSA) is 40.9 Å². The molecular weight excluding hydrogens is 122 g/mol. The molecular formula is C5H5NOS. The minimum Gasteiger partial charge on any atom is -0.297 e. The van der Waals surface area contributed by atoms with E-state index in [1.54, 1.807) is 11.8 Å². The van der Waals surface area contributed by atoms with E-state index in [1.807, 2.05) is 6.07 Å². The molecule has 0 aromatic heterocycles. The highest BCUT2D eigenvalue weighted by Gasteiger charge is 2.23. The monoisotopic (exact) mass is 127 g/mol. The van der Waals surface area contributed by atoms with Gasteiger partial charge in [0.05, 0.1) is 11.8 Å². The Morgan fingerprint density at radius 3 is 2.88 bits per heavy atom. The number of hydrogen-bond acceptors (Lipinski definition) is 3. The molecule has 8 heavy (non-hydrogen) atoms. The van der Waals surface area contributed by atoms with Gasteiger partial charge in [-0.25, -0.2) is 0 Å². The lowest BCUT2D eigenvalue weighted by Gasteiger charge is -1.86. The first kappa shape index (κ1) is 5.64. The Morgan fingerprint density at radius 2 is 2.62 bits per heavy atom. The summed E-state index contributed by atoms with van der Waals surface area (Å²) < 4.78 is 0. The first-order valence-corrected chi connectivity index (χ1v) is 3.50. The second kappa shape index (κ2) is 2.19. The van der Waals surface area contributed by atoms with Crippen molar-refractivity contribution in [1.82, 2.24) is 0 Å². The van der Waals surface area contributed by atoms with Gasteiger partial charge in [-0.05, 0) is 0 Å². The third kappa shape index (κ3) is 0.846. The van der Waals surface area contributed by atoms with Crippen molar-refractivity contribution in [2.24, 2.45) is 5.92 Å². The van der Waals surface area contributed by atoms with E-state index in [-0.39, 0.29) is 11.7 Å². The van der Waals surface area contributed by atoms with E-state index in [1.165, 1.54) is 0 Å². The van der Waals surface area contributed by atoms with Gasteiger partial charge in [0, 0.05) is 5.75 Å². The van der Waals surface area contributed by atoms with Crippen molar-refractivity contribution in [1.29, 1.82) is 5.26 Å². The molecule has 42 valence electrons. The zero-order valence-corrected chi connectivity index (χ0v) is 5.07. The summed E-state index contributed by atoms with van der Waals surface area (Å²) in [5, 5.41) is 8.25. The molecule has 1 aliphatic heterocycles. The van der Waals surface area contributed by atoms with Gasteiger partial charge in [0.1, 0.15) is 5.92 Å². The molecule has 0 saturated carbocycles. The highest BCUT2D eigenvalue weighted by molar-refractivity contribution is 8.00. The number of carbonyl (C=O) groups excluding carboxylic acids is 1. The lowest BCUT2D eigenvalue weighted by molar-refractivity contribution is -0.117. The molecule has 1 aliphatic rings. The van der Waals surface area contributed by atoms with E-state index in [2.05, 4.69) is 0 Å². The van der Waals surface area contributed by atoms with Crippen molar-refractivity contribution in [3.63, 3.8) is 0 Å². The lowest BCUT2D eigenvalue weighted by atomic mass is 10.1. The molecule has 0 amide bonds. The average molecular weight is 127 g/mol. The Labute approximate surface area is 51.9 Å². The van der Waals surface area contributed by atoms with Crippen LogP contribution in [0.3, 0.4) is 0 Å². The Hall–Kier alpha value is -0.490. The van der Waals surface area contributed by atoms with Gasteiger partial charge in [-0.15, -0.1) is 0 Å². The predicted molar refractivity (Wildman–Crippen MR) is 31.4 cm³/mol. The maximum absolute atomic E-state index is 10.6. The molecule has 2 nitrogen and oxygen atoms in total. The normalized spacial score (nSPS) is 27.9. The molecule has 1 heterocycles. The Balaban J connectivity index is 2.58. The number of carbonyl (C=O) groups is 1. The van der Waals surface area contributed by atoms with Crippen LogP contribution in [0.4, 0.5) is 0 Å². The fourth-order valence-electron chi connectivity index (χ4n) is 0.580. The molecule has 0 aliphatic carbocycles. The maximum atomic E-state index is 10.6. The van der Waals surface area contributed by atoms with Crippen LogP contribution in [0, 0.1) is 17.2 Å². The number of ketones is 1. The summed E-state index contributed by atoms with van der Waals surface area (Å²) in [6.07, 6.45) is 0. The molecule has 0 unspecified atom stereocenters. The molecule has 0 aromatic rings. The Bertz CT molecular complexity index is 149. The Morgan fingerprint density at radius 1 is 1.88 bits per heavy atom. The van der Waals surface area contributed by atoms with Crippen LogP contribution < -0.4 is 0 Å². The average Bonchev–Trinajstić information content (AvgIpc) is 2.14. The van der Waals surface area contributed by atoms with Crippen LogP contribution in [0.25, 0.3) is 0 Å². The lowest BCUT2D eigenvalue weighted by Crippen LogP contribution is -2.07. The summed E-state index contributed by atoms with van der Waals surface area (Å²) in [5.74, 6) is 1.03. The molecule has 1 fully saturated rings. The van der Waals surface area contributed by atoms with Crippen LogP contribution in [0.1, 0.15) is 0 Å². The standard InChI is InChI=1S/C5H5NOS/c6-1-4-2-8-3-5(4)7/h4H,2-3H2/t4-/m0/s1. The van der Waals surface area contributed by atoms with Gasteiger partial charge in [0.15, 0.2) is 5.78 Å². The number of nitriles is 1. The number of nitrogens with zero attached hydrogens (tertiary/aromatic N) is 1. The van der Waals surface area contributed by atoms with Gasteiger partial charge in [-0.2, -0.15) is 17.0 Å². The molecule has 0 aromatic carbocycles. The van der Waals surface area contributed by atoms with Crippen LogP contribution in [0.15, 0.2) is 0 Å². The first-order chi connectivity index (χ1) is 3.84. The summed E-state index contributed by atoms with van der Waals surface area (Å²) in [7, 11) is 0. The fraction of sp³-hybridized carbons (Fsp3) is 0.600. The molecule has 1 saturated heterocycles. The number of rotatable bonds is 0. The molecule has 0 spiro atoms. The van der Waals surface area contributed by atoms with Gasteiger partial charge in [0.2, 0.25) is 0 Å². The molecule has 0 radical (unpaired) electrons. The van der Waals surface area contributed by atoms with E-state index in [0.717, 1.165) is 0 Å². The first-order valence-electron chi connectivity index (χ1n) is 2.34. The zero-order chi connectivity index (χ0) is 5.98. The second-order valence-corrected chi connectivity index (χ2v) is 2.69. The predicted octanol–water partition coefficient (Wildman–Crippen LogP) is 0.442. The van der Waals surface area contributed by atoms with E-state index < -0.39 is 0 Å². The highest BCUT2D eigenvalue weighted by Crippen LogP contribution is 2.18. The van der Waals surface area contributed by atoms with Crippen molar-refractivity contribution in [3.8, 4) is 6.07 Å². The summed E-state index contributed by atoms with van der Waals surface area (Å²) in [5.41, 5.74) is 0. The molecule has 3 heteroatoms. The number of thioether (sulfide) groups is 1. The van der Waals surface area contributed by atoms with E-state index in [4.69, 9.17) is 5.26 Å². The van der Waals surface area contributed by atoms with Crippen LogP contribution in [-0.2, 0) is 4.79 Å². The van der Waals surface area contributed by atoms with Crippen molar-refractivity contribution in [2.75, 3.05) is 11.5 Å².